The van der Waals surface area contributed by atoms with E-state index in [0.717, 1.165) is 18.4 Å². The minimum absolute atomic E-state index is 0.127. The number of nitrogens with zero attached hydrogens (tertiary/aromatic N) is 3. The number of aromatic amines is 1. The van der Waals surface area contributed by atoms with Crippen LogP contribution in [0.4, 0.5) is 0 Å². The van der Waals surface area contributed by atoms with Gasteiger partial charge < -0.3 is 19.0 Å². The molecule has 29 heavy (non-hydrogen) atoms. The number of hydrogen-bond donors (Lipinski definition) is 1. The van der Waals surface area contributed by atoms with E-state index < -0.39 is 0 Å². The van der Waals surface area contributed by atoms with E-state index >= 15 is 0 Å². The molecule has 3 rings (SSSR count). The zero-order valence-electron chi connectivity index (χ0n) is 17.2. The fourth-order valence-corrected chi connectivity index (χ4v) is 3.59. The van der Waals surface area contributed by atoms with Crippen molar-refractivity contribution < 1.29 is 9.47 Å². The van der Waals surface area contributed by atoms with E-state index in [4.69, 9.17) is 21.7 Å². The molecule has 0 saturated carbocycles. The van der Waals surface area contributed by atoms with Crippen molar-refractivity contribution in [1.29, 1.82) is 0 Å². The second-order valence-corrected chi connectivity index (χ2v) is 7.02. The molecule has 2 heterocycles. The molecule has 154 valence electrons. The second-order valence-electron chi connectivity index (χ2n) is 6.66. The van der Waals surface area contributed by atoms with Crippen LogP contribution in [0.5, 0.6) is 11.5 Å². The first kappa shape index (κ1) is 20.9. The van der Waals surface area contributed by atoms with Gasteiger partial charge in [-0.1, -0.05) is 26.0 Å². The van der Waals surface area contributed by atoms with Gasteiger partial charge in [0.25, 0.3) is 5.56 Å². The van der Waals surface area contributed by atoms with Gasteiger partial charge in [-0.25, -0.2) is 4.98 Å². The Morgan fingerprint density at radius 2 is 1.76 bits per heavy atom. The van der Waals surface area contributed by atoms with Crippen LogP contribution in [0.15, 0.2) is 23.0 Å². The number of hydrogen-bond acceptors (Lipinski definition) is 5. The van der Waals surface area contributed by atoms with E-state index in [0.29, 0.717) is 46.3 Å². The van der Waals surface area contributed by atoms with Gasteiger partial charge in [0.2, 0.25) is 0 Å². The zero-order valence-corrected chi connectivity index (χ0v) is 18.0. The fourth-order valence-electron chi connectivity index (χ4n) is 3.24. The minimum atomic E-state index is -0.127. The number of nitrogens with one attached hydrogen (secondary N) is 1. The summed E-state index contributed by atoms with van der Waals surface area (Å²) < 4.78 is 14.7. The molecule has 0 saturated heterocycles. The molecule has 0 fully saturated rings. The molecule has 1 N–H and O–H groups in total. The molecule has 1 aromatic carbocycles. The molecule has 8 heteroatoms. The quantitative estimate of drug-likeness (QED) is 0.558. The molecule has 0 bridgehead atoms. The number of benzene rings is 1. The molecule has 7 nitrogen and oxygen atoms in total. The largest absolute Gasteiger partial charge is 0.493 e. The summed E-state index contributed by atoms with van der Waals surface area (Å²) in [5.41, 5.74) is 1.88. The van der Waals surface area contributed by atoms with Crippen molar-refractivity contribution >= 4 is 35.5 Å². The van der Waals surface area contributed by atoms with Crippen LogP contribution in [0.1, 0.15) is 38.1 Å². The lowest BCUT2D eigenvalue weighted by molar-refractivity contribution is 0.355. The predicted octanol–water partition coefficient (Wildman–Crippen LogP) is 4.26. The van der Waals surface area contributed by atoms with Gasteiger partial charge in [-0.2, -0.15) is 0 Å². The highest BCUT2D eigenvalue weighted by Crippen LogP contribution is 2.28. The Hall–Kier alpha value is -2.87. The van der Waals surface area contributed by atoms with E-state index in [1.807, 2.05) is 41.8 Å². The Balaban J connectivity index is 2.06. The van der Waals surface area contributed by atoms with Crippen LogP contribution in [-0.4, -0.2) is 33.3 Å². The number of rotatable bonds is 8. The number of imidazole rings is 1. The van der Waals surface area contributed by atoms with Crippen LogP contribution in [-0.2, 0) is 13.1 Å². The molecule has 0 radical (unpaired) electrons. The number of methoxy groups -OCH3 is 2. The standard InChI is InChI=1S/C21H26N4O3S/c1-5-11-24-19-18(20(26)25(12-6-2)21(24)29)22-17(23-19)10-8-14-7-9-15(27-3)16(13-14)28-4/h7-10,13H,5-6,11-12H2,1-4H3,(H,22,23)/b10-8+. The van der Waals surface area contributed by atoms with Gasteiger partial charge in [-0.15, -0.1) is 0 Å². The number of H-pyrrole nitrogens is 1. The fraction of sp³-hybridized carbons (Fsp3) is 0.381. The van der Waals surface area contributed by atoms with Crippen molar-refractivity contribution in [1.82, 2.24) is 19.1 Å². The van der Waals surface area contributed by atoms with Crippen molar-refractivity contribution in [2.24, 2.45) is 0 Å². The van der Waals surface area contributed by atoms with E-state index in [1.54, 1.807) is 18.8 Å². The minimum Gasteiger partial charge on any atom is -0.493 e. The van der Waals surface area contributed by atoms with Gasteiger partial charge in [0, 0.05) is 13.1 Å². The molecule has 2 aromatic heterocycles. The Labute approximate surface area is 174 Å². The monoisotopic (exact) mass is 414 g/mol. The molecule has 3 aromatic rings. The topological polar surface area (TPSA) is 74.1 Å². The Bertz CT molecular complexity index is 1160. The van der Waals surface area contributed by atoms with Gasteiger partial charge in [-0.3, -0.25) is 9.36 Å². The van der Waals surface area contributed by atoms with Gasteiger partial charge in [0.05, 0.1) is 14.2 Å². The summed E-state index contributed by atoms with van der Waals surface area (Å²) in [5.74, 6) is 1.92. The van der Waals surface area contributed by atoms with E-state index in [1.165, 1.54) is 0 Å². The van der Waals surface area contributed by atoms with Crippen molar-refractivity contribution in [3.05, 3.63) is 44.7 Å². The Kier molecular flexibility index (Phi) is 6.53. The lowest BCUT2D eigenvalue weighted by Crippen LogP contribution is -2.25. The van der Waals surface area contributed by atoms with Crippen LogP contribution in [0, 0.1) is 4.77 Å². The first-order chi connectivity index (χ1) is 14.0. The molecule has 0 aliphatic heterocycles. The molecule has 0 spiro atoms. The number of aromatic nitrogens is 4. The molecular weight excluding hydrogens is 388 g/mol. The number of fused-ring (bicyclic) bond motifs is 1. The third kappa shape index (κ3) is 4.12. The molecule has 0 atom stereocenters. The van der Waals surface area contributed by atoms with Crippen molar-refractivity contribution in [2.45, 2.75) is 39.8 Å². The van der Waals surface area contributed by atoms with Gasteiger partial charge in [0.15, 0.2) is 21.9 Å². The molecule has 0 amide bonds. The highest BCUT2D eigenvalue weighted by molar-refractivity contribution is 7.71. The summed E-state index contributed by atoms with van der Waals surface area (Å²) in [6.45, 7) is 5.41. The predicted molar refractivity (Wildman–Crippen MR) is 118 cm³/mol. The lowest BCUT2D eigenvalue weighted by atomic mass is 10.2. The maximum absolute atomic E-state index is 12.9. The maximum Gasteiger partial charge on any atom is 0.280 e. The summed E-state index contributed by atoms with van der Waals surface area (Å²) in [7, 11) is 3.21. The summed E-state index contributed by atoms with van der Waals surface area (Å²) in [4.78, 5) is 20.7. The summed E-state index contributed by atoms with van der Waals surface area (Å²) in [5, 5.41) is 0. The third-order valence-corrected chi connectivity index (χ3v) is 5.06. The van der Waals surface area contributed by atoms with E-state index in [-0.39, 0.29) is 5.56 Å². The average molecular weight is 415 g/mol. The lowest BCUT2D eigenvalue weighted by Gasteiger charge is -2.11. The van der Waals surface area contributed by atoms with Gasteiger partial charge in [-0.05, 0) is 48.8 Å². The highest BCUT2D eigenvalue weighted by atomic mass is 32.1. The second kappa shape index (κ2) is 9.09. The van der Waals surface area contributed by atoms with Crippen molar-refractivity contribution in [2.75, 3.05) is 14.2 Å². The Morgan fingerprint density at radius 1 is 1.07 bits per heavy atom. The summed E-state index contributed by atoms with van der Waals surface area (Å²) in [6.07, 6.45) is 5.48. The first-order valence-corrected chi connectivity index (χ1v) is 10.1. The number of aryl methyl sites for hydroxylation is 1. The van der Waals surface area contributed by atoms with Crippen LogP contribution in [0.25, 0.3) is 23.3 Å². The number of ether oxygens (including phenoxy) is 2. The van der Waals surface area contributed by atoms with Gasteiger partial charge in [0.1, 0.15) is 11.3 Å². The third-order valence-electron chi connectivity index (χ3n) is 4.62. The van der Waals surface area contributed by atoms with Crippen LogP contribution in [0.3, 0.4) is 0 Å². The van der Waals surface area contributed by atoms with Crippen LogP contribution < -0.4 is 15.0 Å². The smallest absolute Gasteiger partial charge is 0.280 e. The Morgan fingerprint density at radius 3 is 2.41 bits per heavy atom. The highest BCUT2D eigenvalue weighted by Gasteiger charge is 2.14. The average Bonchev–Trinajstić information content (AvgIpc) is 3.16. The summed E-state index contributed by atoms with van der Waals surface area (Å²) in [6, 6.07) is 5.65. The molecule has 0 aliphatic rings. The van der Waals surface area contributed by atoms with Crippen molar-refractivity contribution in [3.63, 3.8) is 0 Å². The van der Waals surface area contributed by atoms with Crippen LogP contribution >= 0.6 is 12.2 Å². The summed E-state index contributed by atoms with van der Waals surface area (Å²) >= 11 is 5.57. The van der Waals surface area contributed by atoms with Gasteiger partial charge >= 0.3 is 0 Å². The molecular formula is C21H26N4O3S. The molecule has 0 aliphatic carbocycles. The van der Waals surface area contributed by atoms with Crippen molar-refractivity contribution in [3.8, 4) is 11.5 Å². The SMILES string of the molecule is CCCn1c(=O)c2[nH]c(/C=C/c3ccc(OC)c(OC)c3)nc2n(CCC)c1=S. The van der Waals surface area contributed by atoms with Crippen LogP contribution in [0.2, 0.25) is 0 Å². The normalized spacial score (nSPS) is 11.4. The zero-order chi connectivity index (χ0) is 21.0. The maximum atomic E-state index is 12.9. The molecule has 0 unspecified atom stereocenters. The first-order valence-electron chi connectivity index (χ1n) is 9.67. The van der Waals surface area contributed by atoms with E-state index in [2.05, 4.69) is 16.9 Å². The van der Waals surface area contributed by atoms with E-state index in [9.17, 15) is 4.79 Å².